The van der Waals surface area contributed by atoms with Crippen LogP contribution in [0, 0.1) is 11.6 Å². The Morgan fingerprint density at radius 1 is 1.17 bits per heavy atom. The number of para-hydroxylation sites is 1. The van der Waals surface area contributed by atoms with Crippen LogP contribution >= 0.6 is 22.9 Å². The van der Waals surface area contributed by atoms with Gasteiger partial charge in [-0.1, -0.05) is 23.7 Å². The maximum Gasteiger partial charge on any atom is 0.346 e. The lowest BCUT2D eigenvalue weighted by atomic mass is 10.00. The molecule has 12 heteroatoms. The van der Waals surface area contributed by atoms with Crippen LogP contribution in [-0.2, 0) is 23.5 Å². The molecule has 2 aromatic carbocycles. The molecule has 5 heterocycles. The van der Waals surface area contributed by atoms with E-state index in [4.69, 9.17) is 25.8 Å². The van der Waals surface area contributed by atoms with Gasteiger partial charge in [-0.25, -0.2) is 18.6 Å². The first-order valence-corrected chi connectivity index (χ1v) is 14.3. The molecule has 0 spiro atoms. The van der Waals surface area contributed by atoms with Crippen molar-refractivity contribution >= 4 is 39.3 Å². The van der Waals surface area contributed by atoms with Crippen LogP contribution in [0.3, 0.4) is 0 Å². The summed E-state index contributed by atoms with van der Waals surface area (Å²) in [6, 6.07) is 12.2. The minimum absolute atomic E-state index is 0.00632. The normalized spacial score (nSPS) is 19.3. The number of carboxylic acid groups (broad SMARTS) is 1. The van der Waals surface area contributed by atoms with Crippen molar-refractivity contribution in [2.24, 2.45) is 0 Å². The molecular weight excluding hydrogens is 588 g/mol. The molecule has 0 aliphatic carbocycles. The SMILES string of the molecule is CC1(c2ccc(Cl)cn2)Oc2cccc(-c3cc(F)c(Cc4nc5sc(C(=O)O)cc5n4C[C@@H]4CCO4)cc3F)c2O1. The topological polar surface area (TPSA) is 95.7 Å². The van der Waals surface area contributed by atoms with Crippen molar-refractivity contribution in [1.82, 2.24) is 14.5 Å². The number of aromatic nitrogens is 3. The highest BCUT2D eigenvalue weighted by Crippen LogP contribution is 2.49. The van der Waals surface area contributed by atoms with Crippen molar-refractivity contribution in [3.8, 4) is 22.6 Å². The molecule has 8 nitrogen and oxygen atoms in total. The van der Waals surface area contributed by atoms with Crippen LogP contribution in [0.4, 0.5) is 8.78 Å². The second-order valence-electron chi connectivity index (χ2n) is 10.3. The van der Waals surface area contributed by atoms with Gasteiger partial charge in [-0.05, 0) is 48.4 Å². The number of thiophene rings is 1. The van der Waals surface area contributed by atoms with E-state index in [0.717, 1.165) is 29.9 Å². The smallest absolute Gasteiger partial charge is 0.346 e. The summed E-state index contributed by atoms with van der Waals surface area (Å²) in [7, 11) is 0. The first kappa shape index (κ1) is 26.8. The monoisotopic (exact) mass is 609 g/mol. The van der Waals surface area contributed by atoms with Crippen LogP contribution < -0.4 is 9.47 Å². The Morgan fingerprint density at radius 2 is 2.00 bits per heavy atom. The number of rotatable bonds is 7. The van der Waals surface area contributed by atoms with Crippen LogP contribution in [-0.4, -0.2) is 38.3 Å². The molecule has 2 atom stereocenters. The predicted molar refractivity (Wildman–Crippen MR) is 151 cm³/mol. The third-order valence-corrected chi connectivity index (χ3v) is 8.69. The summed E-state index contributed by atoms with van der Waals surface area (Å²) in [5.74, 6) is -2.44. The number of aromatic carboxylic acids is 1. The van der Waals surface area contributed by atoms with Gasteiger partial charge in [0.05, 0.1) is 23.2 Å². The number of hydrogen-bond acceptors (Lipinski definition) is 7. The van der Waals surface area contributed by atoms with E-state index in [1.54, 1.807) is 43.3 Å². The van der Waals surface area contributed by atoms with E-state index in [9.17, 15) is 9.90 Å². The third-order valence-electron chi connectivity index (χ3n) is 7.46. The summed E-state index contributed by atoms with van der Waals surface area (Å²) in [5, 5.41) is 9.87. The fourth-order valence-corrected chi connectivity index (χ4v) is 6.23. The van der Waals surface area contributed by atoms with Crippen LogP contribution in [0.25, 0.3) is 21.5 Å². The summed E-state index contributed by atoms with van der Waals surface area (Å²) in [4.78, 5) is 21.1. The number of benzene rings is 2. The lowest BCUT2D eigenvalue weighted by molar-refractivity contribution is -0.0715. The number of carboxylic acids is 1. The Labute approximate surface area is 247 Å². The minimum atomic E-state index is -1.29. The lowest BCUT2D eigenvalue weighted by Gasteiger charge is -2.27. The van der Waals surface area contributed by atoms with Gasteiger partial charge in [0.15, 0.2) is 11.5 Å². The van der Waals surface area contributed by atoms with E-state index in [0.29, 0.717) is 51.4 Å². The zero-order valence-corrected chi connectivity index (χ0v) is 23.6. The number of pyridine rings is 1. The molecule has 42 heavy (non-hydrogen) atoms. The van der Waals surface area contributed by atoms with Crippen molar-refractivity contribution < 1.29 is 32.9 Å². The first-order valence-electron chi connectivity index (χ1n) is 13.1. The largest absolute Gasteiger partial charge is 0.477 e. The van der Waals surface area contributed by atoms with Crippen LogP contribution in [0.5, 0.6) is 11.5 Å². The molecule has 1 N–H and O–H groups in total. The highest BCUT2D eigenvalue weighted by Gasteiger charge is 2.41. The van der Waals surface area contributed by atoms with Crippen LogP contribution in [0.2, 0.25) is 5.02 Å². The van der Waals surface area contributed by atoms with Crippen molar-refractivity contribution in [1.29, 1.82) is 0 Å². The maximum absolute atomic E-state index is 15.7. The van der Waals surface area contributed by atoms with Crippen molar-refractivity contribution in [3.05, 3.63) is 93.3 Å². The molecule has 2 aliphatic heterocycles. The van der Waals surface area contributed by atoms with E-state index in [-0.39, 0.29) is 34.3 Å². The van der Waals surface area contributed by atoms with Crippen LogP contribution in [0.1, 0.15) is 40.1 Å². The van der Waals surface area contributed by atoms with Gasteiger partial charge < -0.3 is 23.9 Å². The maximum atomic E-state index is 15.7. The summed E-state index contributed by atoms with van der Waals surface area (Å²) >= 11 is 7.02. The quantitative estimate of drug-likeness (QED) is 0.216. The van der Waals surface area contributed by atoms with Gasteiger partial charge in [-0.3, -0.25) is 4.98 Å². The highest BCUT2D eigenvalue weighted by molar-refractivity contribution is 7.20. The van der Waals surface area contributed by atoms with E-state index in [1.165, 1.54) is 6.20 Å². The molecule has 0 bridgehead atoms. The summed E-state index contributed by atoms with van der Waals surface area (Å²) in [5.41, 5.74) is 1.56. The molecule has 1 fully saturated rings. The first-order chi connectivity index (χ1) is 20.2. The molecule has 3 aromatic heterocycles. The Kier molecular flexibility index (Phi) is 6.41. The van der Waals surface area contributed by atoms with Gasteiger partial charge in [-0.2, -0.15) is 0 Å². The number of imidazole rings is 1. The molecule has 1 saturated heterocycles. The molecule has 0 radical (unpaired) electrons. The average molecular weight is 610 g/mol. The number of carbonyl (C=O) groups is 1. The fraction of sp³-hybridized carbons (Fsp3) is 0.233. The van der Waals surface area contributed by atoms with Gasteiger partial charge in [0, 0.05) is 37.3 Å². The number of halogens is 3. The van der Waals surface area contributed by atoms with E-state index in [2.05, 4.69) is 9.97 Å². The fourth-order valence-electron chi connectivity index (χ4n) is 5.23. The second-order valence-corrected chi connectivity index (χ2v) is 11.7. The Hall–Kier alpha value is -4.06. The highest BCUT2D eigenvalue weighted by atomic mass is 35.5. The average Bonchev–Trinajstić information content (AvgIpc) is 3.59. The molecular formula is C30H22ClF2N3O5S. The Balaban J connectivity index is 1.22. The van der Waals surface area contributed by atoms with E-state index < -0.39 is 23.4 Å². The molecule has 0 amide bonds. The zero-order chi connectivity index (χ0) is 29.2. The lowest BCUT2D eigenvalue weighted by Crippen LogP contribution is -2.32. The standard InChI is InChI=1S/C30H22ClF2N3O5S/c1-30(25-6-5-16(31)13-34-25)40-23-4-2-3-18(27(23)41-30)19-11-20(32)15(9-21(19)33)10-26-35-28-22(12-24(42-28)29(37)38)36(26)14-17-7-8-39-17/h2-6,9,11-13,17H,7-8,10,14H2,1H3,(H,37,38)/t17-,30?/m0/s1. The molecule has 7 rings (SSSR count). The predicted octanol–water partition coefficient (Wildman–Crippen LogP) is 6.81. The van der Waals surface area contributed by atoms with Crippen LogP contribution in [0.15, 0.2) is 54.7 Å². The number of ether oxygens (including phenoxy) is 3. The molecule has 214 valence electrons. The molecule has 5 aromatic rings. The summed E-state index contributed by atoms with van der Waals surface area (Å²) in [6.07, 6.45) is 2.29. The van der Waals surface area contributed by atoms with Gasteiger partial charge in [0.2, 0.25) is 0 Å². The summed E-state index contributed by atoms with van der Waals surface area (Å²) in [6.45, 7) is 2.78. The number of hydrogen-bond donors (Lipinski definition) is 1. The molecule has 0 saturated carbocycles. The zero-order valence-electron chi connectivity index (χ0n) is 22.1. The van der Waals surface area contributed by atoms with Gasteiger partial charge in [0.25, 0.3) is 5.79 Å². The molecule has 2 aliphatic rings. The van der Waals surface area contributed by atoms with E-state index in [1.807, 2.05) is 4.57 Å². The van der Waals surface area contributed by atoms with Crippen molar-refractivity contribution in [2.45, 2.75) is 38.2 Å². The Morgan fingerprint density at radius 3 is 2.71 bits per heavy atom. The van der Waals surface area contributed by atoms with Gasteiger partial charge in [0.1, 0.15) is 32.9 Å². The van der Waals surface area contributed by atoms with Gasteiger partial charge in [-0.15, -0.1) is 11.3 Å². The van der Waals surface area contributed by atoms with Crippen molar-refractivity contribution in [2.75, 3.05) is 6.61 Å². The van der Waals surface area contributed by atoms with Crippen molar-refractivity contribution in [3.63, 3.8) is 0 Å². The van der Waals surface area contributed by atoms with Gasteiger partial charge >= 0.3 is 5.97 Å². The molecule has 1 unspecified atom stereocenters. The third kappa shape index (κ3) is 4.57. The summed E-state index contributed by atoms with van der Waals surface area (Å²) < 4.78 is 51.0. The second kappa shape index (κ2) is 10.0. The number of nitrogens with zero attached hydrogens (tertiary/aromatic N) is 3. The Bertz CT molecular complexity index is 1870. The minimum Gasteiger partial charge on any atom is -0.477 e. The number of fused-ring (bicyclic) bond motifs is 2. The van der Waals surface area contributed by atoms with E-state index >= 15 is 8.78 Å².